The molecule has 0 spiro atoms. The number of likely N-dealkylation sites (N-methyl/N-ethyl adjacent to an activating group) is 1. The summed E-state index contributed by atoms with van der Waals surface area (Å²) in [6, 6.07) is 0. The van der Waals surface area contributed by atoms with Crippen LogP contribution in [0.25, 0.3) is 0 Å². The fourth-order valence-electron chi connectivity index (χ4n) is 2.08. The van der Waals surface area contributed by atoms with E-state index in [1.165, 1.54) is 16.7 Å². The van der Waals surface area contributed by atoms with E-state index in [0.717, 1.165) is 0 Å². The van der Waals surface area contributed by atoms with Gasteiger partial charge >= 0.3 is 5.97 Å². The van der Waals surface area contributed by atoms with Crippen molar-refractivity contribution in [1.29, 1.82) is 0 Å². The van der Waals surface area contributed by atoms with Gasteiger partial charge in [0.25, 0.3) is 5.91 Å². The van der Waals surface area contributed by atoms with Gasteiger partial charge in [-0.3, -0.25) is 19.3 Å². The second-order valence-electron chi connectivity index (χ2n) is 4.86. The topological polar surface area (TPSA) is 104 Å². The van der Waals surface area contributed by atoms with Crippen molar-refractivity contribution < 1.29 is 19.5 Å². The van der Waals surface area contributed by atoms with Crippen LogP contribution in [0.5, 0.6) is 0 Å². The van der Waals surface area contributed by atoms with Crippen LogP contribution in [0.1, 0.15) is 33.6 Å². The van der Waals surface area contributed by atoms with Crippen molar-refractivity contribution in [2.45, 2.75) is 39.8 Å². The number of allylic oxidation sites excluding steroid dienone is 1. The van der Waals surface area contributed by atoms with Gasteiger partial charge in [-0.15, -0.1) is 0 Å². The van der Waals surface area contributed by atoms with Crippen molar-refractivity contribution in [1.82, 2.24) is 9.80 Å². The number of carbonyl (C=O) groups excluding carboxylic acids is 2. The monoisotopic (exact) mass is 283 g/mol. The lowest BCUT2D eigenvalue weighted by Gasteiger charge is -2.37. The summed E-state index contributed by atoms with van der Waals surface area (Å²) in [6.45, 7) is 5.20. The first-order valence-electron chi connectivity index (χ1n) is 6.59. The number of carboxylic acid groups (broad SMARTS) is 1. The number of nitrogens with two attached hydrogens (primary N) is 1. The van der Waals surface area contributed by atoms with Crippen LogP contribution in [0, 0.1) is 5.92 Å². The maximum absolute atomic E-state index is 11.9. The van der Waals surface area contributed by atoms with E-state index in [9.17, 15) is 14.4 Å². The van der Waals surface area contributed by atoms with E-state index in [-0.39, 0.29) is 11.8 Å². The van der Waals surface area contributed by atoms with E-state index in [0.29, 0.717) is 25.1 Å². The van der Waals surface area contributed by atoms with Gasteiger partial charge in [-0.2, -0.15) is 0 Å². The van der Waals surface area contributed by atoms with E-state index in [4.69, 9.17) is 10.8 Å². The average Bonchev–Trinajstić information content (AvgIpc) is 2.38. The highest BCUT2D eigenvalue weighted by Gasteiger charge is 2.34. The molecule has 20 heavy (non-hydrogen) atoms. The third kappa shape index (κ3) is 3.36. The van der Waals surface area contributed by atoms with E-state index >= 15 is 0 Å². The number of hydrogen-bond donors (Lipinski definition) is 2. The standard InChI is InChI=1S/C13H21N3O4/c1-4-15-7-10(6-5-8(2)13(19)20)16(9(3)17)11(14)12(15)18/h7-8,11H,4-6,14H2,1-3H3,(H,19,20). The van der Waals surface area contributed by atoms with Crippen molar-refractivity contribution in [3.8, 4) is 0 Å². The summed E-state index contributed by atoms with van der Waals surface area (Å²) in [6.07, 6.45) is 1.31. The molecule has 112 valence electrons. The zero-order valence-electron chi connectivity index (χ0n) is 12.0. The smallest absolute Gasteiger partial charge is 0.306 e. The first kappa shape index (κ1) is 16.2. The van der Waals surface area contributed by atoms with Crippen LogP contribution in [0.2, 0.25) is 0 Å². The lowest BCUT2D eigenvalue weighted by Crippen LogP contribution is -2.57. The quantitative estimate of drug-likeness (QED) is 0.756. The van der Waals surface area contributed by atoms with Crippen LogP contribution in [-0.4, -0.2) is 45.4 Å². The van der Waals surface area contributed by atoms with Crippen LogP contribution in [0.3, 0.4) is 0 Å². The van der Waals surface area contributed by atoms with Crippen LogP contribution in [0.15, 0.2) is 11.9 Å². The summed E-state index contributed by atoms with van der Waals surface area (Å²) in [7, 11) is 0. The number of amides is 2. The molecule has 0 aromatic rings. The van der Waals surface area contributed by atoms with Crippen LogP contribution in [-0.2, 0) is 14.4 Å². The molecule has 0 saturated heterocycles. The molecule has 7 heteroatoms. The van der Waals surface area contributed by atoms with E-state index in [1.807, 2.05) is 6.92 Å². The lowest BCUT2D eigenvalue weighted by molar-refractivity contribution is -0.143. The molecule has 1 heterocycles. The summed E-state index contributed by atoms with van der Waals surface area (Å²) in [5.74, 6) is -2.06. The fourth-order valence-corrected chi connectivity index (χ4v) is 2.08. The molecular weight excluding hydrogens is 262 g/mol. The predicted molar refractivity (Wildman–Crippen MR) is 72.0 cm³/mol. The first-order chi connectivity index (χ1) is 9.29. The Morgan fingerprint density at radius 1 is 1.50 bits per heavy atom. The number of carboxylic acids is 1. The maximum atomic E-state index is 11.9. The Bertz CT molecular complexity index is 447. The predicted octanol–water partition coefficient (Wildman–Crippen LogP) is 0.324. The highest BCUT2D eigenvalue weighted by molar-refractivity contribution is 5.89. The van der Waals surface area contributed by atoms with Gasteiger partial charge in [0.1, 0.15) is 0 Å². The number of aliphatic carboxylic acids is 1. The molecule has 0 aliphatic carbocycles. The minimum absolute atomic E-state index is 0.323. The third-order valence-electron chi connectivity index (χ3n) is 3.36. The molecule has 2 unspecified atom stereocenters. The number of carbonyl (C=O) groups is 3. The van der Waals surface area contributed by atoms with Crippen LogP contribution in [0.4, 0.5) is 0 Å². The molecule has 0 saturated carbocycles. The summed E-state index contributed by atoms with van der Waals surface area (Å²) in [5.41, 5.74) is 6.39. The van der Waals surface area contributed by atoms with Crippen molar-refractivity contribution in [2.75, 3.05) is 6.54 Å². The SMILES string of the molecule is CCN1C=C(CCC(C)C(=O)O)N(C(C)=O)C(N)C1=O. The molecular formula is C13H21N3O4. The molecule has 0 radical (unpaired) electrons. The molecule has 2 amide bonds. The molecule has 0 fully saturated rings. The molecule has 2 atom stereocenters. The highest BCUT2D eigenvalue weighted by Crippen LogP contribution is 2.23. The normalized spacial score (nSPS) is 20.7. The Morgan fingerprint density at radius 2 is 2.10 bits per heavy atom. The molecule has 0 bridgehead atoms. The summed E-state index contributed by atoms with van der Waals surface area (Å²) >= 11 is 0. The Labute approximate surface area is 118 Å². The molecule has 0 aromatic heterocycles. The third-order valence-corrected chi connectivity index (χ3v) is 3.36. The number of rotatable bonds is 5. The van der Waals surface area contributed by atoms with Gasteiger partial charge in [0.05, 0.1) is 5.92 Å². The van der Waals surface area contributed by atoms with Crippen LogP contribution < -0.4 is 5.73 Å². The molecule has 1 rings (SSSR count). The second kappa shape index (κ2) is 6.51. The van der Waals surface area contributed by atoms with Gasteiger partial charge in [-0.1, -0.05) is 6.92 Å². The summed E-state index contributed by atoms with van der Waals surface area (Å²) < 4.78 is 0. The zero-order valence-corrected chi connectivity index (χ0v) is 12.0. The minimum atomic E-state index is -1.03. The summed E-state index contributed by atoms with van der Waals surface area (Å²) in [5, 5.41) is 8.89. The van der Waals surface area contributed by atoms with Gasteiger partial charge < -0.3 is 15.7 Å². The fraction of sp³-hybridized carbons (Fsp3) is 0.615. The van der Waals surface area contributed by atoms with Gasteiger partial charge in [-0.05, 0) is 19.8 Å². The van der Waals surface area contributed by atoms with Crippen molar-refractivity contribution >= 4 is 17.8 Å². The zero-order chi connectivity index (χ0) is 15.4. The molecule has 1 aliphatic heterocycles. The van der Waals surface area contributed by atoms with Gasteiger partial charge in [0, 0.05) is 25.4 Å². The molecule has 3 N–H and O–H groups in total. The number of nitrogens with zero attached hydrogens (tertiary/aromatic N) is 2. The Kier molecular flexibility index (Phi) is 5.26. The minimum Gasteiger partial charge on any atom is -0.481 e. The van der Waals surface area contributed by atoms with E-state index in [2.05, 4.69) is 0 Å². The maximum Gasteiger partial charge on any atom is 0.306 e. The largest absolute Gasteiger partial charge is 0.481 e. The number of hydrogen-bond acceptors (Lipinski definition) is 4. The van der Waals surface area contributed by atoms with Crippen molar-refractivity contribution in [2.24, 2.45) is 11.7 Å². The first-order valence-corrected chi connectivity index (χ1v) is 6.59. The Hall–Kier alpha value is -1.89. The summed E-state index contributed by atoms with van der Waals surface area (Å²) in [4.78, 5) is 37.1. The average molecular weight is 283 g/mol. The molecule has 1 aliphatic rings. The highest BCUT2D eigenvalue weighted by atomic mass is 16.4. The van der Waals surface area contributed by atoms with Crippen LogP contribution >= 0.6 is 0 Å². The second-order valence-corrected chi connectivity index (χ2v) is 4.86. The van der Waals surface area contributed by atoms with Gasteiger partial charge in [-0.25, -0.2) is 0 Å². The Morgan fingerprint density at radius 3 is 2.55 bits per heavy atom. The van der Waals surface area contributed by atoms with Crippen molar-refractivity contribution in [3.05, 3.63) is 11.9 Å². The van der Waals surface area contributed by atoms with Gasteiger partial charge in [0.2, 0.25) is 5.91 Å². The van der Waals surface area contributed by atoms with E-state index < -0.39 is 18.1 Å². The van der Waals surface area contributed by atoms with Gasteiger partial charge in [0.15, 0.2) is 6.17 Å². The van der Waals surface area contributed by atoms with Crippen molar-refractivity contribution in [3.63, 3.8) is 0 Å². The Balaban J connectivity index is 2.95. The molecule has 0 aromatic carbocycles. The van der Waals surface area contributed by atoms with E-state index in [1.54, 1.807) is 13.1 Å². The lowest BCUT2D eigenvalue weighted by atomic mass is 10.0. The molecule has 7 nitrogen and oxygen atoms in total.